The number of rotatable bonds is 5. The van der Waals surface area contributed by atoms with Gasteiger partial charge in [-0.2, -0.15) is 0 Å². The maximum Gasteiger partial charge on any atom is 0.194 e. The summed E-state index contributed by atoms with van der Waals surface area (Å²) in [7, 11) is 1.66. The molecule has 2 rings (SSSR count). The van der Waals surface area contributed by atoms with Gasteiger partial charge in [-0.25, -0.2) is 13.2 Å². The highest BCUT2D eigenvalue weighted by Gasteiger charge is 2.21. The van der Waals surface area contributed by atoms with E-state index in [9.17, 15) is 13.2 Å². The maximum atomic E-state index is 13.9. The Morgan fingerprint density at radius 3 is 2.19 bits per heavy atom. The molecule has 0 aromatic heterocycles. The molecule has 2 aromatic rings. The van der Waals surface area contributed by atoms with E-state index in [0.717, 1.165) is 24.5 Å². The molecule has 2 aromatic carbocycles. The quantitative estimate of drug-likeness (QED) is 0.807. The molecule has 112 valence electrons. The van der Waals surface area contributed by atoms with Gasteiger partial charge in [-0.3, -0.25) is 0 Å². The van der Waals surface area contributed by atoms with Gasteiger partial charge in [0.2, 0.25) is 0 Å². The lowest BCUT2D eigenvalue weighted by Crippen LogP contribution is -2.19. The zero-order valence-electron chi connectivity index (χ0n) is 12.1. The van der Waals surface area contributed by atoms with Gasteiger partial charge in [-0.15, -0.1) is 0 Å². The van der Waals surface area contributed by atoms with Crippen LogP contribution in [-0.4, -0.2) is 7.05 Å². The van der Waals surface area contributed by atoms with Gasteiger partial charge < -0.3 is 5.32 Å². The molecule has 0 radical (unpaired) electrons. The average Bonchev–Trinajstić information content (AvgIpc) is 2.50. The summed E-state index contributed by atoms with van der Waals surface area (Å²) < 4.78 is 40.4. The Morgan fingerprint density at radius 1 is 0.952 bits per heavy atom. The number of nitrogens with one attached hydrogen (secondary N) is 1. The lowest BCUT2D eigenvalue weighted by Gasteiger charge is -2.18. The Labute approximate surface area is 122 Å². The normalized spacial score (nSPS) is 12.4. The van der Waals surface area contributed by atoms with E-state index in [0.29, 0.717) is 0 Å². The van der Waals surface area contributed by atoms with Crippen molar-refractivity contribution in [2.45, 2.75) is 25.8 Å². The van der Waals surface area contributed by atoms with Gasteiger partial charge in [-0.1, -0.05) is 43.7 Å². The summed E-state index contributed by atoms with van der Waals surface area (Å²) in [4.78, 5) is 0. The van der Waals surface area contributed by atoms with E-state index in [1.54, 1.807) is 7.05 Å². The third-order valence-electron chi connectivity index (χ3n) is 3.52. The fraction of sp³-hybridized carbons (Fsp3) is 0.294. The first-order chi connectivity index (χ1) is 10.1. The van der Waals surface area contributed by atoms with Crippen LogP contribution in [0.5, 0.6) is 0 Å². The number of hydrogen-bond acceptors (Lipinski definition) is 1. The Bertz CT molecular complexity index is 608. The summed E-state index contributed by atoms with van der Waals surface area (Å²) in [6.45, 7) is 2.10. The second kappa shape index (κ2) is 6.76. The fourth-order valence-electron chi connectivity index (χ4n) is 2.43. The van der Waals surface area contributed by atoms with Gasteiger partial charge in [0, 0.05) is 5.56 Å². The minimum atomic E-state index is -1.43. The van der Waals surface area contributed by atoms with Crippen molar-refractivity contribution in [1.29, 1.82) is 0 Å². The van der Waals surface area contributed by atoms with Crippen molar-refractivity contribution in [2.24, 2.45) is 0 Å². The predicted molar refractivity (Wildman–Crippen MR) is 77.7 cm³/mol. The smallest absolute Gasteiger partial charge is 0.194 e. The van der Waals surface area contributed by atoms with Crippen molar-refractivity contribution < 1.29 is 13.2 Å². The number of hydrogen-bond donors (Lipinski definition) is 1. The summed E-state index contributed by atoms with van der Waals surface area (Å²) in [5, 5.41) is 2.94. The topological polar surface area (TPSA) is 12.0 Å². The van der Waals surface area contributed by atoms with Crippen molar-refractivity contribution >= 4 is 0 Å². The molecule has 0 spiro atoms. The van der Waals surface area contributed by atoms with Crippen LogP contribution in [0.3, 0.4) is 0 Å². The zero-order chi connectivity index (χ0) is 15.4. The number of halogens is 3. The van der Waals surface area contributed by atoms with E-state index in [1.165, 1.54) is 11.6 Å². The van der Waals surface area contributed by atoms with Crippen LogP contribution in [-0.2, 0) is 6.42 Å². The molecule has 0 bridgehead atoms. The van der Waals surface area contributed by atoms with Crippen molar-refractivity contribution in [3.8, 4) is 0 Å². The first-order valence-corrected chi connectivity index (χ1v) is 6.98. The Hall–Kier alpha value is -1.81. The Balaban J connectivity index is 2.37. The van der Waals surface area contributed by atoms with Gasteiger partial charge in [0.25, 0.3) is 0 Å². The standard InChI is InChI=1S/C17H18F3N/c1-3-4-11-5-7-12(8-6-11)17(21-2)13-9-10-14(18)16(20)15(13)19/h5-10,17,21H,3-4H2,1-2H3. The summed E-state index contributed by atoms with van der Waals surface area (Å²) >= 11 is 0. The van der Waals surface area contributed by atoms with Gasteiger partial charge in [-0.05, 0) is 30.7 Å². The fourth-order valence-corrected chi connectivity index (χ4v) is 2.43. The minimum Gasteiger partial charge on any atom is -0.309 e. The molecule has 1 unspecified atom stereocenters. The van der Waals surface area contributed by atoms with Crippen LogP contribution in [0.2, 0.25) is 0 Å². The lowest BCUT2D eigenvalue weighted by atomic mass is 9.96. The van der Waals surface area contributed by atoms with Gasteiger partial charge in [0.15, 0.2) is 17.5 Å². The molecule has 1 nitrogen and oxygen atoms in total. The van der Waals surface area contributed by atoms with Crippen LogP contribution in [0.25, 0.3) is 0 Å². The molecular weight excluding hydrogens is 275 g/mol. The van der Waals surface area contributed by atoms with Crippen molar-refractivity contribution in [3.05, 3.63) is 70.5 Å². The first-order valence-electron chi connectivity index (χ1n) is 6.98. The highest BCUT2D eigenvalue weighted by Crippen LogP contribution is 2.27. The molecule has 0 fully saturated rings. The van der Waals surface area contributed by atoms with Crippen LogP contribution in [0, 0.1) is 17.5 Å². The third-order valence-corrected chi connectivity index (χ3v) is 3.52. The average molecular weight is 293 g/mol. The van der Waals surface area contributed by atoms with E-state index in [1.807, 2.05) is 24.3 Å². The molecule has 0 saturated heterocycles. The van der Waals surface area contributed by atoms with Crippen LogP contribution < -0.4 is 5.32 Å². The second-order valence-electron chi connectivity index (χ2n) is 4.98. The van der Waals surface area contributed by atoms with E-state index < -0.39 is 23.5 Å². The number of aryl methyl sites for hydroxylation is 1. The molecule has 0 aliphatic heterocycles. The predicted octanol–water partition coefficient (Wildman–Crippen LogP) is 4.37. The molecule has 21 heavy (non-hydrogen) atoms. The van der Waals surface area contributed by atoms with E-state index in [2.05, 4.69) is 12.2 Å². The Kier molecular flexibility index (Phi) is 5.02. The van der Waals surface area contributed by atoms with Crippen LogP contribution in [0.15, 0.2) is 36.4 Å². The molecule has 0 heterocycles. The monoisotopic (exact) mass is 293 g/mol. The van der Waals surface area contributed by atoms with Crippen LogP contribution >= 0.6 is 0 Å². The summed E-state index contributed by atoms with van der Waals surface area (Å²) in [5.74, 6) is -3.76. The van der Waals surface area contributed by atoms with Crippen LogP contribution in [0.4, 0.5) is 13.2 Å². The van der Waals surface area contributed by atoms with Gasteiger partial charge >= 0.3 is 0 Å². The van der Waals surface area contributed by atoms with Crippen molar-refractivity contribution in [2.75, 3.05) is 7.05 Å². The molecule has 4 heteroatoms. The summed E-state index contributed by atoms with van der Waals surface area (Å²) in [6, 6.07) is 9.41. The summed E-state index contributed by atoms with van der Waals surface area (Å²) in [6.07, 6.45) is 2.02. The van der Waals surface area contributed by atoms with E-state index in [4.69, 9.17) is 0 Å². The largest absolute Gasteiger partial charge is 0.309 e. The van der Waals surface area contributed by atoms with E-state index in [-0.39, 0.29) is 5.56 Å². The summed E-state index contributed by atoms with van der Waals surface area (Å²) in [5.41, 5.74) is 2.10. The molecule has 0 amide bonds. The maximum absolute atomic E-state index is 13.9. The second-order valence-corrected chi connectivity index (χ2v) is 4.98. The highest BCUT2D eigenvalue weighted by molar-refractivity contribution is 5.35. The molecule has 1 atom stereocenters. The number of benzene rings is 2. The molecule has 0 saturated carbocycles. The first kappa shape index (κ1) is 15.6. The lowest BCUT2D eigenvalue weighted by molar-refractivity contribution is 0.435. The van der Waals surface area contributed by atoms with Crippen LogP contribution in [0.1, 0.15) is 36.1 Å². The van der Waals surface area contributed by atoms with Gasteiger partial charge in [0.05, 0.1) is 6.04 Å². The van der Waals surface area contributed by atoms with Crippen molar-refractivity contribution in [1.82, 2.24) is 5.32 Å². The SMILES string of the molecule is CCCc1ccc(C(NC)c2ccc(F)c(F)c2F)cc1. The molecule has 0 aliphatic rings. The highest BCUT2D eigenvalue weighted by atomic mass is 19.2. The Morgan fingerprint density at radius 2 is 1.62 bits per heavy atom. The third kappa shape index (κ3) is 3.27. The molecule has 1 N–H and O–H groups in total. The zero-order valence-corrected chi connectivity index (χ0v) is 12.1. The minimum absolute atomic E-state index is 0.0969. The van der Waals surface area contributed by atoms with Crippen molar-refractivity contribution in [3.63, 3.8) is 0 Å². The molecule has 0 aliphatic carbocycles. The molecular formula is C17H18F3N. The van der Waals surface area contributed by atoms with E-state index >= 15 is 0 Å². The van der Waals surface area contributed by atoms with Gasteiger partial charge in [0.1, 0.15) is 0 Å².